The van der Waals surface area contributed by atoms with E-state index in [9.17, 15) is 4.79 Å². The van der Waals surface area contributed by atoms with Crippen molar-refractivity contribution in [1.29, 1.82) is 0 Å². The molecular formula is C15H20N4O3S. The number of morpholine rings is 1. The van der Waals surface area contributed by atoms with Crippen LogP contribution in [0.2, 0.25) is 0 Å². The van der Waals surface area contributed by atoms with Gasteiger partial charge in [0.15, 0.2) is 0 Å². The summed E-state index contributed by atoms with van der Waals surface area (Å²) in [6.07, 6.45) is 0.830. The van der Waals surface area contributed by atoms with Crippen molar-refractivity contribution in [2.75, 3.05) is 33.3 Å². The molecule has 0 radical (unpaired) electrons. The SMILES string of the molecule is CN1CCOC(CNC(=O)CCc2nc(-c3cccs3)no2)C1. The topological polar surface area (TPSA) is 80.5 Å². The van der Waals surface area contributed by atoms with E-state index in [4.69, 9.17) is 9.26 Å². The molecule has 0 aliphatic carbocycles. The normalized spacial score (nSPS) is 18.9. The van der Waals surface area contributed by atoms with Crippen LogP contribution >= 0.6 is 11.3 Å². The molecule has 1 fully saturated rings. The van der Waals surface area contributed by atoms with Gasteiger partial charge in [0, 0.05) is 32.5 Å². The van der Waals surface area contributed by atoms with E-state index in [1.54, 1.807) is 11.3 Å². The molecule has 1 aliphatic heterocycles. The fourth-order valence-corrected chi connectivity index (χ4v) is 3.04. The molecule has 0 saturated carbocycles. The number of hydrogen-bond donors (Lipinski definition) is 1. The molecule has 124 valence electrons. The molecule has 2 aromatic heterocycles. The number of carbonyl (C=O) groups excluding carboxylic acids is 1. The van der Waals surface area contributed by atoms with E-state index in [1.807, 2.05) is 17.5 Å². The molecule has 2 aromatic rings. The molecule has 3 heterocycles. The van der Waals surface area contributed by atoms with Crippen molar-refractivity contribution in [3.05, 3.63) is 23.4 Å². The number of nitrogens with zero attached hydrogens (tertiary/aromatic N) is 3. The second-order valence-electron chi connectivity index (χ2n) is 5.55. The summed E-state index contributed by atoms with van der Waals surface area (Å²) in [7, 11) is 2.05. The maximum atomic E-state index is 11.9. The summed E-state index contributed by atoms with van der Waals surface area (Å²) >= 11 is 1.56. The van der Waals surface area contributed by atoms with Crippen LogP contribution in [0.3, 0.4) is 0 Å². The Balaban J connectivity index is 1.40. The summed E-state index contributed by atoms with van der Waals surface area (Å²) in [5.74, 6) is 1.03. The molecule has 1 amide bonds. The first-order valence-corrected chi connectivity index (χ1v) is 8.52. The van der Waals surface area contributed by atoms with Crippen LogP contribution in [0.4, 0.5) is 0 Å². The van der Waals surface area contributed by atoms with Gasteiger partial charge in [-0.3, -0.25) is 4.79 Å². The van der Waals surface area contributed by atoms with Crippen molar-refractivity contribution in [2.24, 2.45) is 0 Å². The van der Waals surface area contributed by atoms with Gasteiger partial charge in [-0.1, -0.05) is 11.2 Å². The van der Waals surface area contributed by atoms with E-state index in [1.165, 1.54) is 0 Å². The molecule has 1 saturated heterocycles. The Hall–Kier alpha value is -1.77. The van der Waals surface area contributed by atoms with Gasteiger partial charge in [0.25, 0.3) is 0 Å². The first-order valence-electron chi connectivity index (χ1n) is 7.64. The van der Waals surface area contributed by atoms with Crippen LogP contribution in [-0.4, -0.2) is 60.3 Å². The average Bonchev–Trinajstić information content (AvgIpc) is 3.22. The molecule has 1 N–H and O–H groups in total. The minimum absolute atomic E-state index is 0.0299. The molecular weight excluding hydrogens is 316 g/mol. The van der Waals surface area contributed by atoms with Crippen molar-refractivity contribution in [2.45, 2.75) is 18.9 Å². The van der Waals surface area contributed by atoms with Crippen molar-refractivity contribution in [3.8, 4) is 10.7 Å². The van der Waals surface area contributed by atoms with E-state index < -0.39 is 0 Å². The largest absolute Gasteiger partial charge is 0.374 e. The van der Waals surface area contributed by atoms with Gasteiger partial charge in [0.1, 0.15) is 0 Å². The lowest BCUT2D eigenvalue weighted by Gasteiger charge is -2.30. The third-order valence-corrected chi connectivity index (χ3v) is 4.51. The highest BCUT2D eigenvalue weighted by Crippen LogP contribution is 2.21. The van der Waals surface area contributed by atoms with Gasteiger partial charge in [0.05, 0.1) is 17.6 Å². The van der Waals surface area contributed by atoms with E-state index in [2.05, 4.69) is 27.4 Å². The average molecular weight is 336 g/mol. The molecule has 0 aromatic carbocycles. The Kier molecular flexibility index (Phi) is 5.37. The molecule has 1 unspecified atom stereocenters. The van der Waals surface area contributed by atoms with Gasteiger partial charge in [-0.25, -0.2) is 0 Å². The van der Waals surface area contributed by atoms with E-state index in [0.29, 0.717) is 37.7 Å². The highest BCUT2D eigenvalue weighted by atomic mass is 32.1. The summed E-state index contributed by atoms with van der Waals surface area (Å²) in [5.41, 5.74) is 0. The van der Waals surface area contributed by atoms with Gasteiger partial charge in [0.2, 0.25) is 17.6 Å². The maximum Gasteiger partial charge on any atom is 0.227 e. The van der Waals surface area contributed by atoms with Crippen molar-refractivity contribution >= 4 is 17.2 Å². The Morgan fingerprint density at radius 3 is 3.26 bits per heavy atom. The molecule has 7 nitrogen and oxygen atoms in total. The minimum atomic E-state index is -0.0299. The van der Waals surface area contributed by atoms with E-state index in [-0.39, 0.29) is 12.0 Å². The van der Waals surface area contributed by atoms with Gasteiger partial charge in [-0.05, 0) is 18.5 Å². The fourth-order valence-electron chi connectivity index (χ4n) is 2.39. The Bertz CT molecular complexity index is 628. The van der Waals surface area contributed by atoms with Crippen LogP contribution in [0.1, 0.15) is 12.3 Å². The third-order valence-electron chi connectivity index (χ3n) is 3.64. The summed E-state index contributed by atoms with van der Waals surface area (Å²) in [6, 6.07) is 3.88. The predicted molar refractivity (Wildman–Crippen MR) is 86.2 cm³/mol. The van der Waals surface area contributed by atoms with E-state index in [0.717, 1.165) is 18.0 Å². The molecule has 23 heavy (non-hydrogen) atoms. The number of ether oxygens (including phenoxy) is 1. The Morgan fingerprint density at radius 1 is 1.57 bits per heavy atom. The Morgan fingerprint density at radius 2 is 2.48 bits per heavy atom. The highest BCUT2D eigenvalue weighted by molar-refractivity contribution is 7.13. The molecule has 8 heteroatoms. The summed E-state index contributed by atoms with van der Waals surface area (Å²) in [4.78, 5) is 19.4. The second kappa shape index (κ2) is 7.67. The number of amides is 1. The fraction of sp³-hybridized carbons (Fsp3) is 0.533. The standard InChI is InChI=1S/C15H20N4O3S/c1-19-6-7-21-11(10-19)9-16-13(20)4-5-14-17-15(18-22-14)12-3-2-8-23-12/h2-3,8,11H,4-7,9-10H2,1H3,(H,16,20). The summed E-state index contributed by atoms with van der Waals surface area (Å²) in [5, 5.41) is 8.79. The lowest BCUT2D eigenvalue weighted by Crippen LogP contribution is -2.45. The van der Waals surface area contributed by atoms with Crippen LogP contribution < -0.4 is 5.32 Å². The van der Waals surface area contributed by atoms with Crippen molar-refractivity contribution in [1.82, 2.24) is 20.4 Å². The third kappa shape index (κ3) is 4.60. The zero-order valence-corrected chi connectivity index (χ0v) is 13.8. The van der Waals surface area contributed by atoms with Gasteiger partial charge in [-0.2, -0.15) is 4.98 Å². The molecule has 1 aliphatic rings. The molecule has 0 spiro atoms. The van der Waals surface area contributed by atoms with Crippen LogP contribution in [0, 0.1) is 0 Å². The minimum Gasteiger partial charge on any atom is -0.374 e. The molecule has 3 rings (SSSR count). The smallest absolute Gasteiger partial charge is 0.227 e. The Labute approximate surface area is 138 Å². The first kappa shape index (κ1) is 16.1. The van der Waals surface area contributed by atoms with Crippen LogP contribution in [-0.2, 0) is 16.0 Å². The number of rotatable bonds is 6. The lowest BCUT2D eigenvalue weighted by molar-refractivity contribution is -0.122. The van der Waals surface area contributed by atoms with Gasteiger partial charge >= 0.3 is 0 Å². The van der Waals surface area contributed by atoms with E-state index >= 15 is 0 Å². The number of hydrogen-bond acceptors (Lipinski definition) is 7. The second-order valence-corrected chi connectivity index (χ2v) is 6.50. The predicted octanol–water partition coefficient (Wildman–Crippen LogP) is 1.18. The van der Waals surface area contributed by atoms with Crippen LogP contribution in [0.5, 0.6) is 0 Å². The maximum absolute atomic E-state index is 11.9. The number of likely N-dealkylation sites (N-methyl/N-ethyl adjacent to an activating group) is 1. The highest BCUT2D eigenvalue weighted by Gasteiger charge is 2.18. The van der Waals surface area contributed by atoms with Crippen molar-refractivity contribution in [3.63, 3.8) is 0 Å². The first-order chi connectivity index (χ1) is 11.2. The number of thiophene rings is 1. The summed E-state index contributed by atoms with van der Waals surface area (Å²) in [6.45, 7) is 3.03. The number of carbonyl (C=O) groups is 1. The van der Waals surface area contributed by atoms with Crippen LogP contribution in [0.15, 0.2) is 22.0 Å². The monoisotopic (exact) mass is 336 g/mol. The molecule has 0 bridgehead atoms. The van der Waals surface area contributed by atoms with Gasteiger partial charge in [-0.15, -0.1) is 11.3 Å². The zero-order chi connectivity index (χ0) is 16.1. The van der Waals surface area contributed by atoms with Crippen LogP contribution in [0.25, 0.3) is 10.7 Å². The molecule has 1 atom stereocenters. The number of aromatic nitrogens is 2. The van der Waals surface area contributed by atoms with Crippen molar-refractivity contribution < 1.29 is 14.1 Å². The lowest BCUT2D eigenvalue weighted by atomic mass is 10.2. The summed E-state index contributed by atoms with van der Waals surface area (Å²) < 4.78 is 10.8. The number of nitrogens with one attached hydrogen (secondary N) is 1. The zero-order valence-electron chi connectivity index (χ0n) is 13.0. The van der Waals surface area contributed by atoms with Gasteiger partial charge < -0.3 is 19.5 Å². The quantitative estimate of drug-likeness (QED) is 0.853. The number of aryl methyl sites for hydroxylation is 1.